The number of thiazole rings is 1. The Labute approximate surface area is 168 Å². The Kier molecular flexibility index (Phi) is 4.44. The van der Waals surface area contributed by atoms with Crippen LogP contribution >= 0.6 is 11.3 Å². The molecule has 5 rings (SSSR count). The number of hydrogen-bond donors (Lipinski definition) is 1. The molecule has 7 heteroatoms. The molecule has 146 valence electrons. The molecule has 1 spiro atoms. The summed E-state index contributed by atoms with van der Waals surface area (Å²) < 4.78 is 5.55. The van der Waals surface area contributed by atoms with Crippen LogP contribution < -0.4 is 10.6 Å². The molecule has 3 heterocycles. The molecular weight excluding hydrogens is 372 g/mol. The van der Waals surface area contributed by atoms with Gasteiger partial charge < -0.3 is 15.4 Å². The van der Waals surface area contributed by atoms with Crippen molar-refractivity contribution in [2.45, 2.75) is 50.1 Å². The van der Waals surface area contributed by atoms with Gasteiger partial charge in [0, 0.05) is 35.6 Å². The minimum Gasteiger partial charge on any atom is -0.405 e. The number of benzene rings is 1. The van der Waals surface area contributed by atoms with Crippen LogP contribution in [0, 0.1) is 0 Å². The Morgan fingerprint density at radius 2 is 1.89 bits per heavy atom. The van der Waals surface area contributed by atoms with Crippen LogP contribution in [0.5, 0.6) is 0 Å². The molecule has 2 aliphatic heterocycles. The topological polar surface area (TPSA) is 80.8 Å². The van der Waals surface area contributed by atoms with E-state index in [1.54, 1.807) is 11.3 Å². The van der Waals surface area contributed by atoms with Crippen molar-refractivity contribution < 1.29 is 9.53 Å². The van der Waals surface area contributed by atoms with E-state index in [4.69, 9.17) is 20.4 Å². The van der Waals surface area contributed by atoms with Gasteiger partial charge >= 0.3 is 5.97 Å². The highest BCUT2D eigenvalue weighted by Gasteiger charge is 2.46. The van der Waals surface area contributed by atoms with Crippen LogP contribution in [0.1, 0.15) is 44.1 Å². The highest BCUT2D eigenvalue weighted by Crippen LogP contribution is 2.37. The summed E-state index contributed by atoms with van der Waals surface area (Å²) in [5.74, 6) is 0.280. The van der Waals surface area contributed by atoms with Crippen molar-refractivity contribution in [3.8, 4) is 11.3 Å². The zero-order valence-electron chi connectivity index (χ0n) is 15.8. The fourth-order valence-electron chi connectivity index (χ4n) is 4.31. The average molecular weight is 397 g/mol. The second kappa shape index (κ2) is 6.97. The van der Waals surface area contributed by atoms with E-state index in [1.807, 2.05) is 24.3 Å². The minimum absolute atomic E-state index is 0.181. The van der Waals surface area contributed by atoms with Crippen molar-refractivity contribution in [3.05, 3.63) is 35.2 Å². The molecule has 0 bridgehead atoms. The number of cyclic esters (lactones) is 1. The van der Waals surface area contributed by atoms with Crippen molar-refractivity contribution in [1.29, 1.82) is 0 Å². The van der Waals surface area contributed by atoms with Gasteiger partial charge in [-0.25, -0.2) is 14.8 Å². The van der Waals surface area contributed by atoms with Gasteiger partial charge in [-0.1, -0.05) is 31.4 Å². The highest BCUT2D eigenvalue weighted by molar-refractivity contribution is 7.14. The Morgan fingerprint density at radius 3 is 2.61 bits per heavy atom. The summed E-state index contributed by atoms with van der Waals surface area (Å²) in [5, 5.41) is 3.11. The first-order valence-electron chi connectivity index (χ1n) is 10.0. The van der Waals surface area contributed by atoms with Crippen molar-refractivity contribution in [1.82, 2.24) is 4.98 Å². The fraction of sp³-hybridized carbons (Fsp3) is 0.476. The molecule has 28 heavy (non-hydrogen) atoms. The number of esters is 1. The molecule has 0 radical (unpaired) electrons. The Balaban J connectivity index is 1.34. The van der Waals surface area contributed by atoms with E-state index in [9.17, 15) is 4.79 Å². The summed E-state index contributed by atoms with van der Waals surface area (Å²) in [6.07, 6.45) is 5.88. The number of nitrogens with two attached hydrogens (primary N) is 1. The standard InChI is InChI=1S/C21H24N4O2S/c22-16-8-11-25(12-16)20-23-17(13-28-20)14-4-6-15(7-5-14)18-24-21(19(26)27-18)9-2-1-3-10-21/h4-7,13,16H,1-3,8-12,22H2. The van der Waals surface area contributed by atoms with Crippen molar-refractivity contribution >= 4 is 28.3 Å². The van der Waals surface area contributed by atoms with Gasteiger partial charge in [-0.15, -0.1) is 11.3 Å². The van der Waals surface area contributed by atoms with Crippen molar-refractivity contribution in [2.75, 3.05) is 18.0 Å². The van der Waals surface area contributed by atoms with E-state index in [-0.39, 0.29) is 12.0 Å². The molecule has 1 unspecified atom stereocenters. The molecule has 1 aliphatic carbocycles. The number of hydrogen-bond acceptors (Lipinski definition) is 7. The predicted octanol–water partition coefficient (Wildman–Crippen LogP) is 3.35. The molecule has 1 saturated heterocycles. The second-order valence-corrected chi connectivity index (χ2v) is 8.82. The summed E-state index contributed by atoms with van der Waals surface area (Å²) in [7, 11) is 0. The third-order valence-corrected chi connectivity index (χ3v) is 6.88. The monoisotopic (exact) mass is 396 g/mol. The van der Waals surface area contributed by atoms with Crippen LogP contribution in [0.2, 0.25) is 0 Å². The molecule has 0 amide bonds. The van der Waals surface area contributed by atoms with Gasteiger partial charge in [0.15, 0.2) is 10.7 Å². The number of carbonyl (C=O) groups excluding carboxylic acids is 1. The van der Waals surface area contributed by atoms with Gasteiger partial charge in [0.1, 0.15) is 0 Å². The van der Waals surface area contributed by atoms with Crippen LogP contribution in [-0.4, -0.2) is 41.5 Å². The number of carbonyl (C=O) groups is 1. The maximum atomic E-state index is 12.4. The van der Waals surface area contributed by atoms with Gasteiger partial charge in [0.25, 0.3) is 0 Å². The molecule has 1 aromatic heterocycles. The maximum Gasteiger partial charge on any atom is 0.340 e. The van der Waals surface area contributed by atoms with Crippen molar-refractivity contribution in [3.63, 3.8) is 0 Å². The summed E-state index contributed by atoms with van der Waals surface area (Å²) in [5.41, 5.74) is 8.23. The largest absolute Gasteiger partial charge is 0.405 e. The molecule has 2 N–H and O–H groups in total. The number of aromatic nitrogens is 1. The predicted molar refractivity (Wildman–Crippen MR) is 111 cm³/mol. The third kappa shape index (κ3) is 3.12. The SMILES string of the molecule is NC1CCN(c2nc(-c3ccc(C4=NC5(CCCCC5)C(=O)O4)cc3)cs2)C1. The van der Waals surface area contributed by atoms with E-state index in [1.165, 1.54) is 6.42 Å². The van der Waals surface area contributed by atoms with E-state index >= 15 is 0 Å². The molecule has 3 aliphatic rings. The average Bonchev–Trinajstić information content (AvgIpc) is 3.43. The lowest BCUT2D eigenvalue weighted by atomic mass is 9.83. The molecule has 1 atom stereocenters. The summed E-state index contributed by atoms with van der Waals surface area (Å²) >= 11 is 1.65. The van der Waals surface area contributed by atoms with E-state index < -0.39 is 5.54 Å². The Bertz CT molecular complexity index is 915. The minimum atomic E-state index is -0.632. The van der Waals surface area contributed by atoms with Gasteiger partial charge in [-0.2, -0.15) is 0 Å². The summed E-state index contributed by atoms with van der Waals surface area (Å²) in [6.45, 7) is 1.85. The molecule has 1 aromatic carbocycles. The number of ether oxygens (including phenoxy) is 1. The van der Waals surface area contributed by atoms with Crippen LogP contribution in [-0.2, 0) is 9.53 Å². The van der Waals surface area contributed by atoms with Crippen LogP contribution in [0.15, 0.2) is 34.6 Å². The number of rotatable bonds is 3. The van der Waals surface area contributed by atoms with E-state index in [0.717, 1.165) is 67.1 Å². The lowest BCUT2D eigenvalue weighted by Crippen LogP contribution is -2.35. The first-order chi connectivity index (χ1) is 13.6. The third-order valence-electron chi connectivity index (χ3n) is 5.98. The number of nitrogens with zero attached hydrogens (tertiary/aromatic N) is 3. The fourth-order valence-corrected chi connectivity index (χ4v) is 5.18. The lowest BCUT2D eigenvalue weighted by molar-refractivity contribution is -0.140. The molecule has 2 fully saturated rings. The van der Waals surface area contributed by atoms with Crippen LogP contribution in [0.4, 0.5) is 5.13 Å². The van der Waals surface area contributed by atoms with Gasteiger partial charge in [0.05, 0.1) is 5.69 Å². The van der Waals surface area contributed by atoms with E-state index in [2.05, 4.69) is 10.3 Å². The van der Waals surface area contributed by atoms with Crippen LogP contribution in [0.25, 0.3) is 11.3 Å². The van der Waals surface area contributed by atoms with Gasteiger partial charge in [-0.3, -0.25) is 0 Å². The second-order valence-electron chi connectivity index (χ2n) is 7.99. The first-order valence-corrected chi connectivity index (χ1v) is 10.9. The molecule has 1 saturated carbocycles. The maximum absolute atomic E-state index is 12.4. The zero-order valence-corrected chi connectivity index (χ0v) is 16.6. The lowest BCUT2D eigenvalue weighted by Gasteiger charge is -2.25. The molecular formula is C21H24N4O2S. The molecule has 6 nitrogen and oxygen atoms in total. The molecule has 2 aromatic rings. The quantitative estimate of drug-likeness (QED) is 0.805. The zero-order chi connectivity index (χ0) is 19.1. The Hall–Kier alpha value is -2.25. The Morgan fingerprint density at radius 1 is 1.14 bits per heavy atom. The number of aliphatic imine (C=N–C) groups is 1. The van der Waals surface area contributed by atoms with E-state index in [0.29, 0.717) is 5.90 Å². The summed E-state index contributed by atoms with van der Waals surface area (Å²) in [4.78, 5) is 24.2. The first kappa shape index (κ1) is 17.8. The smallest absolute Gasteiger partial charge is 0.340 e. The van der Waals surface area contributed by atoms with Crippen molar-refractivity contribution in [2.24, 2.45) is 10.7 Å². The number of anilines is 1. The normalized spacial score (nSPS) is 23.9. The van der Waals surface area contributed by atoms with Gasteiger partial charge in [0.2, 0.25) is 5.90 Å². The summed E-state index contributed by atoms with van der Waals surface area (Å²) in [6, 6.07) is 8.22. The highest BCUT2D eigenvalue weighted by atomic mass is 32.1. The van der Waals surface area contributed by atoms with Crippen LogP contribution in [0.3, 0.4) is 0 Å². The van der Waals surface area contributed by atoms with Gasteiger partial charge in [-0.05, 0) is 31.4 Å².